The van der Waals surface area contributed by atoms with Gasteiger partial charge in [-0.1, -0.05) is 13.0 Å². The first-order chi connectivity index (χ1) is 12.2. The fourth-order valence-corrected chi connectivity index (χ4v) is 6.16. The number of aryl methyl sites for hydroxylation is 1. The molecule has 1 aromatic rings. The lowest BCUT2D eigenvalue weighted by Gasteiger charge is -2.50. The van der Waals surface area contributed by atoms with E-state index in [4.69, 9.17) is 14.7 Å². The van der Waals surface area contributed by atoms with Crippen LogP contribution in [0.5, 0.6) is 5.75 Å². The van der Waals surface area contributed by atoms with Gasteiger partial charge in [0, 0.05) is 0 Å². The lowest BCUT2D eigenvalue weighted by Crippen LogP contribution is -2.44. The minimum absolute atomic E-state index is 0.306. The monoisotopic (exact) mass is 339 g/mol. The van der Waals surface area contributed by atoms with E-state index >= 15 is 0 Å². The average Bonchev–Trinajstić information content (AvgIpc) is 2.98. The smallest absolute Gasteiger partial charge is 0.119 e. The van der Waals surface area contributed by atoms with Gasteiger partial charge in [-0.2, -0.15) is 5.26 Å². The van der Waals surface area contributed by atoms with Crippen molar-refractivity contribution in [2.75, 3.05) is 13.7 Å². The summed E-state index contributed by atoms with van der Waals surface area (Å²) in [4.78, 5) is 0. The normalized spacial score (nSPS) is 36.0. The van der Waals surface area contributed by atoms with Gasteiger partial charge in [0.25, 0.3) is 0 Å². The van der Waals surface area contributed by atoms with E-state index in [-0.39, 0.29) is 0 Å². The fourth-order valence-electron chi connectivity index (χ4n) is 6.16. The molecule has 0 saturated heterocycles. The van der Waals surface area contributed by atoms with Crippen molar-refractivity contribution in [3.05, 3.63) is 29.3 Å². The molecule has 0 heterocycles. The summed E-state index contributed by atoms with van der Waals surface area (Å²) in [6, 6.07) is 8.92. The molecule has 2 fully saturated rings. The Morgan fingerprint density at radius 2 is 2.12 bits per heavy atom. The zero-order valence-corrected chi connectivity index (χ0v) is 15.5. The van der Waals surface area contributed by atoms with Gasteiger partial charge >= 0.3 is 0 Å². The highest BCUT2D eigenvalue weighted by atomic mass is 16.5. The SMILES string of the molecule is COc1ccc2c(c1)CC[C@@H]1[C@@H]2CC[C@]2(C)C(OCCC#N)CC[C@@H]12. The average molecular weight is 339 g/mol. The molecule has 134 valence electrons. The van der Waals surface area contributed by atoms with Gasteiger partial charge in [0.15, 0.2) is 0 Å². The van der Waals surface area contributed by atoms with E-state index in [0.29, 0.717) is 30.5 Å². The fraction of sp³-hybridized carbons (Fsp3) is 0.682. The van der Waals surface area contributed by atoms with Gasteiger partial charge in [-0.25, -0.2) is 0 Å². The van der Waals surface area contributed by atoms with Crippen molar-refractivity contribution in [3.8, 4) is 11.8 Å². The number of nitrogens with zero attached hydrogens (tertiary/aromatic N) is 1. The predicted octanol–water partition coefficient (Wildman–Crippen LogP) is 4.85. The number of ether oxygens (including phenoxy) is 2. The molecule has 1 aromatic carbocycles. The summed E-state index contributed by atoms with van der Waals surface area (Å²) in [5.41, 5.74) is 3.39. The zero-order chi connectivity index (χ0) is 17.4. The third-order valence-corrected chi connectivity index (χ3v) is 7.38. The summed E-state index contributed by atoms with van der Waals surface area (Å²) in [7, 11) is 1.75. The van der Waals surface area contributed by atoms with E-state index < -0.39 is 0 Å². The maximum absolute atomic E-state index is 8.78. The van der Waals surface area contributed by atoms with Crippen LogP contribution in [-0.4, -0.2) is 19.8 Å². The van der Waals surface area contributed by atoms with Crippen LogP contribution >= 0.6 is 0 Å². The van der Waals surface area contributed by atoms with Crippen LogP contribution in [0.3, 0.4) is 0 Å². The predicted molar refractivity (Wildman–Crippen MR) is 97.6 cm³/mol. The Balaban J connectivity index is 1.55. The van der Waals surface area contributed by atoms with E-state index in [1.165, 1.54) is 44.1 Å². The largest absolute Gasteiger partial charge is 0.497 e. The molecule has 0 aromatic heterocycles. The number of methoxy groups -OCH3 is 1. The second-order valence-electron chi connectivity index (χ2n) is 8.37. The summed E-state index contributed by atoms with van der Waals surface area (Å²) < 4.78 is 11.6. The highest BCUT2D eigenvalue weighted by molar-refractivity contribution is 5.40. The maximum Gasteiger partial charge on any atom is 0.119 e. The number of fused-ring (bicyclic) bond motifs is 5. The molecule has 4 rings (SSSR count). The quantitative estimate of drug-likeness (QED) is 0.736. The Morgan fingerprint density at radius 3 is 2.92 bits per heavy atom. The number of benzene rings is 1. The molecule has 0 N–H and O–H groups in total. The summed E-state index contributed by atoms with van der Waals surface area (Å²) in [6.07, 6.45) is 8.33. The Morgan fingerprint density at radius 1 is 1.24 bits per heavy atom. The molecule has 3 heteroatoms. The Labute approximate surface area is 151 Å². The molecule has 2 saturated carbocycles. The van der Waals surface area contributed by atoms with Crippen LogP contribution in [0.2, 0.25) is 0 Å². The van der Waals surface area contributed by atoms with Crippen molar-refractivity contribution in [1.82, 2.24) is 0 Å². The zero-order valence-electron chi connectivity index (χ0n) is 15.5. The Bertz CT molecular complexity index is 679. The number of rotatable bonds is 4. The van der Waals surface area contributed by atoms with Crippen LogP contribution in [-0.2, 0) is 11.2 Å². The van der Waals surface area contributed by atoms with Crippen molar-refractivity contribution in [1.29, 1.82) is 5.26 Å². The van der Waals surface area contributed by atoms with Gasteiger partial charge in [0.2, 0.25) is 0 Å². The summed E-state index contributed by atoms with van der Waals surface area (Å²) in [5.74, 6) is 3.27. The standard InChI is InChI=1S/C22H29NO2/c1-22-11-10-18-17-7-5-16(24-2)14-15(17)4-6-19(18)20(22)8-9-21(22)25-13-3-12-23/h5,7,14,18-21H,3-4,6,8-11,13H2,1-2H3/t18-,19-,20+,21?,22+/m1/s1. The molecule has 0 aliphatic heterocycles. The molecule has 0 bridgehead atoms. The molecule has 0 amide bonds. The molecule has 0 radical (unpaired) electrons. The van der Waals surface area contributed by atoms with Gasteiger partial charge in [-0.05, 0) is 85.0 Å². The van der Waals surface area contributed by atoms with E-state index in [0.717, 1.165) is 17.6 Å². The minimum atomic E-state index is 0.306. The molecule has 1 unspecified atom stereocenters. The van der Waals surface area contributed by atoms with Gasteiger partial charge in [-0.3, -0.25) is 0 Å². The van der Waals surface area contributed by atoms with Gasteiger partial charge in [0.1, 0.15) is 5.75 Å². The third-order valence-electron chi connectivity index (χ3n) is 7.38. The topological polar surface area (TPSA) is 42.2 Å². The van der Waals surface area contributed by atoms with Crippen LogP contribution < -0.4 is 4.74 Å². The van der Waals surface area contributed by atoms with Crippen molar-refractivity contribution in [3.63, 3.8) is 0 Å². The van der Waals surface area contributed by atoms with Crippen LogP contribution in [0.1, 0.15) is 62.5 Å². The van der Waals surface area contributed by atoms with Crippen molar-refractivity contribution < 1.29 is 9.47 Å². The molecule has 5 atom stereocenters. The van der Waals surface area contributed by atoms with Gasteiger partial charge in [-0.15, -0.1) is 0 Å². The van der Waals surface area contributed by atoms with Gasteiger partial charge in [0.05, 0.1) is 32.3 Å². The number of nitriles is 1. The molecule has 25 heavy (non-hydrogen) atoms. The minimum Gasteiger partial charge on any atom is -0.497 e. The van der Waals surface area contributed by atoms with Crippen LogP contribution in [0.15, 0.2) is 18.2 Å². The first-order valence-corrected chi connectivity index (χ1v) is 9.82. The summed E-state index contributed by atoms with van der Waals surface area (Å²) in [6.45, 7) is 3.06. The van der Waals surface area contributed by atoms with E-state index in [1.807, 2.05) is 0 Å². The molecular weight excluding hydrogens is 310 g/mol. The molecular formula is C22H29NO2. The summed E-state index contributed by atoms with van der Waals surface area (Å²) >= 11 is 0. The number of hydrogen-bond acceptors (Lipinski definition) is 3. The molecule has 3 nitrogen and oxygen atoms in total. The first kappa shape index (κ1) is 16.9. The second-order valence-corrected chi connectivity index (χ2v) is 8.37. The first-order valence-electron chi connectivity index (χ1n) is 9.82. The highest BCUT2D eigenvalue weighted by Gasteiger charge is 2.55. The lowest BCUT2D eigenvalue weighted by atomic mass is 9.55. The van der Waals surface area contributed by atoms with Gasteiger partial charge < -0.3 is 9.47 Å². The molecule has 3 aliphatic rings. The lowest BCUT2D eigenvalue weighted by molar-refractivity contribution is -0.0623. The second kappa shape index (κ2) is 6.65. The highest BCUT2D eigenvalue weighted by Crippen LogP contribution is 2.61. The van der Waals surface area contributed by atoms with Crippen LogP contribution in [0, 0.1) is 28.6 Å². The van der Waals surface area contributed by atoms with E-state index in [2.05, 4.69) is 31.2 Å². The van der Waals surface area contributed by atoms with E-state index in [1.54, 1.807) is 12.7 Å². The number of hydrogen-bond donors (Lipinski definition) is 0. The van der Waals surface area contributed by atoms with Crippen molar-refractivity contribution in [2.24, 2.45) is 17.3 Å². The molecule has 0 spiro atoms. The van der Waals surface area contributed by atoms with Crippen LogP contribution in [0.25, 0.3) is 0 Å². The third kappa shape index (κ3) is 2.75. The van der Waals surface area contributed by atoms with Crippen molar-refractivity contribution >= 4 is 0 Å². The maximum atomic E-state index is 8.78. The molecule has 3 aliphatic carbocycles. The Kier molecular flexibility index (Phi) is 4.50. The Hall–Kier alpha value is -1.53. The van der Waals surface area contributed by atoms with E-state index in [9.17, 15) is 0 Å². The van der Waals surface area contributed by atoms with Crippen LogP contribution in [0.4, 0.5) is 0 Å². The van der Waals surface area contributed by atoms with Crippen molar-refractivity contribution in [2.45, 2.75) is 63.9 Å². The summed E-state index contributed by atoms with van der Waals surface area (Å²) in [5, 5.41) is 8.78.